The Morgan fingerprint density at radius 3 is 2.89 bits per heavy atom. The van der Waals surface area contributed by atoms with E-state index in [0.717, 1.165) is 62.4 Å². The van der Waals surface area contributed by atoms with Crippen molar-refractivity contribution in [1.29, 1.82) is 0 Å². The van der Waals surface area contributed by atoms with Gasteiger partial charge in [0, 0.05) is 56.3 Å². The van der Waals surface area contributed by atoms with Gasteiger partial charge in [0.1, 0.15) is 0 Å². The number of amides is 2. The first kappa shape index (κ1) is 19.7. The second kappa shape index (κ2) is 8.80. The summed E-state index contributed by atoms with van der Waals surface area (Å²) in [4.78, 5) is 29.0. The molecule has 1 aromatic carbocycles. The van der Waals surface area contributed by atoms with Gasteiger partial charge in [-0.2, -0.15) is 0 Å². The molecule has 2 N–H and O–H groups in total. The van der Waals surface area contributed by atoms with Crippen LogP contribution in [0.3, 0.4) is 0 Å². The number of hydrogen-bond donors (Lipinski definition) is 2. The van der Waals surface area contributed by atoms with E-state index in [0.29, 0.717) is 13.0 Å². The first-order chi connectivity index (χ1) is 13.6. The first-order valence-electron chi connectivity index (χ1n) is 10.4. The summed E-state index contributed by atoms with van der Waals surface area (Å²) in [5, 5.41) is 7.37. The summed E-state index contributed by atoms with van der Waals surface area (Å²) in [7, 11) is 0. The van der Waals surface area contributed by atoms with Crippen molar-refractivity contribution in [3.8, 4) is 0 Å². The SMILES string of the molecule is O=C1NCC(CCC(=O)N2CCCC2)N2CC(NCc3cccc(Cl)c3)CC12. The lowest BCUT2D eigenvalue weighted by atomic mass is 10.0. The van der Waals surface area contributed by atoms with Crippen LogP contribution in [0.15, 0.2) is 24.3 Å². The van der Waals surface area contributed by atoms with E-state index >= 15 is 0 Å². The minimum Gasteiger partial charge on any atom is -0.353 e. The molecule has 3 atom stereocenters. The smallest absolute Gasteiger partial charge is 0.237 e. The highest BCUT2D eigenvalue weighted by molar-refractivity contribution is 6.30. The molecule has 3 fully saturated rings. The minimum atomic E-state index is -0.0856. The highest BCUT2D eigenvalue weighted by Crippen LogP contribution is 2.26. The Labute approximate surface area is 171 Å². The number of nitrogens with one attached hydrogen (secondary N) is 2. The fraction of sp³-hybridized carbons (Fsp3) is 0.619. The van der Waals surface area contributed by atoms with Crippen LogP contribution in [0, 0.1) is 0 Å². The maximum absolute atomic E-state index is 12.4. The molecule has 3 heterocycles. The second-order valence-corrected chi connectivity index (χ2v) is 8.62. The van der Waals surface area contributed by atoms with E-state index in [1.54, 1.807) is 0 Å². The van der Waals surface area contributed by atoms with E-state index in [-0.39, 0.29) is 29.9 Å². The van der Waals surface area contributed by atoms with Crippen molar-refractivity contribution in [3.63, 3.8) is 0 Å². The summed E-state index contributed by atoms with van der Waals surface area (Å²) >= 11 is 6.07. The zero-order valence-corrected chi connectivity index (χ0v) is 17.0. The molecule has 2 amide bonds. The van der Waals surface area contributed by atoms with Gasteiger partial charge >= 0.3 is 0 Å². The van der Waals surface area contributed by atoms with Gasteiger partial charge in [-0.1, -0.05) is 23.7 Å². The molecule has 3 aliphatic rings. The van der Waals surface area contributed by atoms with Crippen molar-refractivity contribution in [2.45, 2.75) is 56.8 Å². The summed E-state index contributed by atoms with van der Waals surface area (Å²) < 4.78 is 0. The molecule has 0 aliphatic carbocycles. The predicted octanol–water partition coefficient (Wildman–Crippen LogP) is 1.77. The van der Waals surface area contributed by atoms with Crippen LogP contribution in [0.1, 0.15) is 37.7 Å². The van der Waals surface area contributed by atoms with Crippen LogP contribution in [-0.4, -0.2) is 65.9 Å². The number of likely N-dealkylation sites (tertiary alicyclic amines) is 1. The normalized spacial score (nSPS) is 27.7. The monoisotopic (exact) mass is 404 g/mol. The molecule has 0 bridgehead atoms. The standard InChI is InChI=1S/C21H29ClN4O2/c22-16-5-3-4-15(10-16)12-23-17-11-19-21(28)24-13-18(26(19)14-17)6-7-20(27)25-8-1-2-9-25/h3-5,10,17-19,23H,1-2,6-9,11-14H2,(H,24,28). The number of carbonyl (C=O) groups is 2. The number of nitrogens with zero attached hydrogens (tertiary/aromatic N) is 2. The van der Waals surface area contributed by atoms with Crippen LogP contribution in [0.25, 0.3) is 0 Å². The molecule has 6 nitrogen and oxygen atoms in total. The Morgan fingerprint density at radius 1 is 1.29 bits per heavy atom. The number of halogens is 1. The van der Waals surface area contributed by atoms with Gasteiger partial charge in [-0.3, -0.25) is 14.5 Å². The lowest BCUT2D eigenvalue weighted by molar-refractivity contribution is -0.131. The summed E-state index contributed by atoms with van der Waals surface area (Å²) in [5.41, 5.74) is 1.15. The Kier molecular flexibility index (Phi) is 6.19. The minimum absolute atomic E-state index is 0.0856. The Morgan fingerprint density at radius 2 is 2.11 bits per heavy atom. The summed E-state index contributed by atoms with van der Waals surface area (Å²) in [6.45, 7) is 4.04. The van der Waals surface area contributed by atoms with Gasteiger partial charge in [-0.25, -0.2) is 0 Å². The number of fused-ring (bicyclic) bond motifs is 1. The van der Waals surface area contributed by atoms with Crippen LogP contribution >= 0.6 is 11.6 Å². The summed E-state index contributed by atoms with van der Waals surface area (Å²) in [5.74, 6) is 0.384. The highest BCUT2D eigenvalue weighted by Gasteiger charge is 2.43. The fourth-order valence-corrected chi connectivity index (χ4v) is 4.93. The third-order valence-electron chi connectivity index (χ3n) is 6.26. The molecule has 0 spiro atoms. The average Bonchev–Trinajstić information content (AvgIpc) is 3.36. The number of carbonyl (C=O) groups excluding carboxylic acids is 2. The fourth-order valence-electron chi connectivity index (χ4n) is 4.72. The summed E-state index contributed by atoms with van der Waals surface area (Å²) in [6.07, 6.45) is 4.44. The van der Waals surface area contributed by atoms with E-state index in [9.17, 15) is 9.59 Å². The van der Waals surface area contributed by atoms with Crippen LogP contribution in [-0.2, 0) is 16.1 Å². The number of hydrogen-bond acceptors (Lipinski definition) is 4. The first-order valence-corrected chi connectivity index (χ1v) is 10.8. The van der Waals surface area contributed by atoms with E-state index in [1.165, 1.54) is 0 Å². The molecular weight excluding hydrogens is 376 g/mol. The van der Waals surface area contributed by atoms with E-state index in [2.05, 4.69) is 21.6 Å². The van der Waals surface area contributed by atoms with Crippen molar-refractivity contribution in [1.82, 2.24) is 20.4 Å². The van der Waals surface area contributed by atoms with Crippen molar-refractivity contribution in [2.24, 2.45) is 0 Å². The Bertz CT molecular complexity index is 722. The zero-order chi connectivity index (χ0) is 19.5. The zero-order valence-electron chi connectivity index (χ0n) is 16.2. The Hall–Kier alpha value is -1.63. The van der Waals surface area contributed by atoms with Crippen molar-refractivity contribution in [2.75, 3.05) is 26.2 Å². The van der Waals surface area contributed by atoms with Gasteiger partial charge in [-0.15, -0.1) is 0 Å². The van der Waals surface area contributed by atoms with Gasteiger partial charge in [0.25, 0.3) is 0 Å². The van der Waals surface area contributed by atoms with Gasteiger partial charge in [-0.05, 0) is 43.4 Å². The molecule has 0 aromatic heterocycles. The van der Waals surface area contributed by atoms with Crippen LogP contribution in [0.2, 0.25) is 5.02 Å². The van der Waals surface area contributed by atoms with Crippen LogP contribution < -0.4 is 10.6 Å². The largest absolute Gasteiger partial charge is 0.353 e. The van der Waals surface area contributed by atoms with E-state index in [4.69, 9.17) is 11.6 Å². The average molecular weight is 405 g/mol. The quantitative estimate of drug-likeness (QED) is 0.758. The van der Waals surface area contributed by atoms with Gasteiger partial charge in [0.15, 0.2) is 0 Å². The Balaban J connectivity index is 1.31. The molecule has 3 aliphatic heterocycles. The van der Waals surface area contributed by atoms with E-state index < -0.39 is 0 Å². The molecule has 4 rings (SSSR count). The van der Waals surface area contributed by atoms with Crippen molar-refractivity contribution in [3.05, 3.63) is 34.9 Å². The molecule has 0 radical (unpaired) electrons. The number of piperazine rings is 1. The van der Waals surface area contributed by atoms with Gasteiger partial charge < -0.3 is 15.5 Å². The highest BCUT2D eigenvalue weighted by atomic mass is 35.5. The molecule has 1 aromatic rings. The topological polar surface area (TPSA) is 64.7 Å². The number of rotatable bonds is 6. The lowest BCUT2D eigenvalue weighted by Crippen LogP contribution is -2.58. The molecule has 152 valence electrons. The van der Waals surface area contributed by atoms with E-state index in [1.807, 2.05) is 23.1 Å². The van der Waals surface area contributed by atoms with Gasteiger partial charge in [0.05, 0.1) is 6.04 Å². The molecule has 28 heavy (non-hydrogen) atoms. The molecule has 0 saturated carbocycles. The number of benzene rings is 1. The second-order valence-electron chi connectivity index (χ2n) is 8.18. The third kappa shape index (κ3) is 4.50. The van der Waals surface area contributed by atoms with Crippen LogP contribution in [0.4, 0.5) is 0 Å². The predicted molar refractivity (Wildman–Crippen MR) is 109 cm³/mol. The maximum atomic E-state index is 12.4. The lowest BCUT2D eigenvalue weighted by Gasteiger charge is -2.37. The molecular formula is C21H29ClN4O2. The molecule has 3 unspecified atom stereocenters. The van der Waals surface area contributed by atoms with Gasteiger partial charge in [0.2, 0.25) is 11.8 Å². The molecule has 3 saturated heterocycles. The van der Waals surface area contributed by atoms with Crippen LogP contribution in [0.5, 0.6) is 0 Å². The summed E-state index contributed by atoms with van der Waals surface area (Å²) in [6, 6.07) is 8.28. The molecule has 7 heteroatoms. The van der Waals surface area contributed by atoms with Crippen molar-refractivity contribution < 1.29 is 9.59 Å². The maximum Gasteiger partial charge on any atom is 0.237 e. The van der Waals surface area contributed by atoms with Crippen molar-refractivity contribution >= 4 is 23.4 Å². The third-order valence-corrected chi connectivity index (χ3v) is 6.49.